The van der Waals surface area contributed by atoms with Gasteiger partial charge in [-0.05, 0) is 36.4 Å². The second-order valence-electron chi connectivity index (χ2n) is 4.82. The summed E-state index contributed by atoms with van der Waals surface area (Å²) in [5, 5.41) is 1.62. The van der Waals surface area contributed by atoms with Crippen molar-refractivity contribution in [3.05, 3.63) is 53.6 Å². The molecule has 0 saturated heterocycles. The minimum atomic E-state index is 0.515. The quantitative estimate of drug-likeness (QED) is 0.375. The number of terminal acetylenes is 1. The Balaban J connectivity index is 1.64. The van der Waals surface area contributed by atoms with Gasteiger partial charge in [-0.3, -0.25) is 0 Å². The van der Waals surface area contributed by atoms with Crippen molar-refractivity contribution in [2.45, 2.75) is 11.7 Å². The number of imidazole rings is 1. The van der Waals surface area contributed by atoms with Crippen molar-refractivity contribution in [3.63, 3.8) is 0 Å². The third kappa shape index (κ3) is 3.82. The van der Waals surface area contributed by atoms with E-state index in [1.165, 1.54) is 0 Å². The maximum absolute atomic E-state index is 5.85. The Morgan fingerprint density at radius 2 is 1.96 bits per heavy atom. The zero-order valence-corrected chi connectivity index (χ0v) is 14.0. The van der Waals surface area contributed by atoms with Gasteiger partial charge in [-0.15, -0.1) is 6.42 Å². The average molecular weight is 343 g/mol. The topological polar surface area (TPSA) is 27.1 Å². The van der Waals surface area contributed by atoms with E-state index in [0.717, 1.165) is 27.7 Å². The summed E-state index contributed by atoms with van der Waals surface area (Å²) < 4.78 is 7.76. The zero-order chi connectivity index (χ0) is 16.1. The Labute approximate surface area is 144 Å². The largest absolute Gasteiger partial charge is 0.493 e. The number of ether oxygens (including phenoxy) is 1. The van der Waals surface area contributed by atoms with Gasteiger partial charge in [-0.1, -0.05) is 41.4 Å². The molecule has 3 rings (SSSR count). The Bertz CT molecular complexity index is 836. The van der Waals surface area contributed by atoms with Crippen LogP contribution in [0.3, 0.4) is 0 Å². The summed E-state index contributed by atoms with van der Waals surface area (Å²) in [4.78, 5) is 4.64. The first-order valence-corrected chi connectivity index (χ1v) is 8.54. The fraction of sp³-hybridized carbons (Fsp3) is 0.167. The van der Waals surface area contributed by atoms with Crippen LogP contribution in [-0.4, -0.2) is 21.9 Å². The van der Waals surface area contributed by atoms with Crippen molar-refractivity contribution >= 4 is 34.4 Å². The molecule has 1 heterocycles. The molecule has 3 aromatic rings. The van der Waals surface area contributed by atoms with Crippen molar-refractivity contribution in [3.8, 4) is 18.1 Å². The van der Waals surface area contributed by atoms with Crippen molar-refractivity contribution in [1.82, 2.24) is 9.55 Å². The minimum absolute atomic E-state index is 0.515. The number of para-hydroxylation sites is 2. The van der Waals surface area contributed by atoms with E-state index in [1.807, 2.05) is 48.5 Å². The molecular formula is C18H15ClN2OS. The third-order valence-corrected chi connectivity index (χ3v) is 4.46. The molecule has 0 atom stereocenters. The normalized spacial score (nSPS) is 10.6. The van der Waals surface area contributed by atoms with E-state index in [0.29, 0.717) is 18.2 Å². The fourth-order valence-electron chi connectivity index (χ4n) is 2.23. The molecule has 0 fully saturated rings. The van der Waals surface area contributed by atoms with Gasteiger partial charge in [0.1, 0.15) is 5.75 Å². The van der Waals surface area contributed by atoms with E-state index in [2.05, 4.69) is 15.5 Å². The lowest BCUT2D eigenvalue weighted by molar-refractivity contribution is 0.344. The molecule has 0 aliphatic rings. The Kier molecular flexibility index (Phi) is 5.12. The molecule has 1 aromatic heterocycles. The van der Waals surface area contributed by atoms with Gasteiger partial charge in [0.2, 0.25) is 0 Å². The smallest absolute Gasteiger partial charge is 0.170 e. The molecule has 0 amide bonds. The Morgan fingerprint density at radius 3 is 2.74 bits per heavy atom. The number of thioether (sulfide) groups is 1. The second kappa shape index (κ2) is 7.45. The third-order valence-electron chi connectivity index (χ3n) is 3.27. The Hall–Kier alpha value is -2.09. The van der Waals surface area contributed by atoms with E-state index < -0.39 is 0 Å². The monoisotopic (exact) mass is 342 g/mol. The highest BCUT2D eigenvalue weighted by atomic mass is 35.5. The van der Waals surface area contributed by atoms with E-state index in [9.17, 15) is 0 Å². The highest BCUT2D eigenvalue weighted by molar-refractivity contribution is 7.99. The van der Waals surface area contributed by atoms with Gasteiger partial charge >= 0.3 is 0 Å². The van der Waals surface area contributed by atoms with Crippen LogP contribution in [0.2, 0.25) is 5.02 Å². The summed E-state index contributed by atoms with van der Waals surface area (Å²) in [5.41, 5.74) is 2.02. The number of hydrogen-bond acceptors (Lipinski definition) is 3. The van der Waals surface area contributed by atoms with Gasteiger partial charge in [0.05, 0.1) is 24.2 Å². The molecule has 3 nitrogen and oxygen atoms in total. The van der Waals surface area contributed by atoms with Crippen LogP contribution < -0.4 is 4.74 Å². The van der Waals surface area contributed by atoms with Crippen LogP contribution in [-0.2, 0) is 6.54 Å². The number of hydrogen-bond donors (Lipinski definition) is 0. The van der Waals surface area contributed by atoms with Gasteiger partial charge in [0, 0.05) is 10.8 Å². The predicted octanol–water partition coefficient (Wildman–Crippen LogP) is 4.49. The van der Waals surface area contributed by atoms with Crippen LogP contribution in [0.25, 0.3) is 11.0 Å². The fourth-order valence-corrected chi connectivity index (χ4v) is 3.19. The van der Waals surface area contributed by atoms with Crippen molar-refractivity contribution < 1.29 is 4.74 Å². The molecule has 0 N–H and O–H groups in total. The lowest BCUT2D eigenvalue weighted by atomic mass is 10.3. The highest BCUT2D eigenvalue weighted by Crippen LogP contribution is 2.24. The van der Waals surface area contributed by atoms with E-state index in [-0.39, 0.29) is 0 Å². The summed E-state index contributed by atoms with van der Waals surface area (Å²) in [5.74, 6) is 4.29. The minimum Gasteiger partial charge on any atom is -0.493 e. The maximum Gasteiger partial charge on any atom is 0.170 e. The number of halogens is 1. The molecule has 116 valence electrons. The lowest BCUT2D eigenvalue weighted by Gasteiger charge is -2.07. The molecule has 2 aromatic carbocycles. The predicted molar refractivity (Wildman–Crippen MR) is 96.2 cm³/mol. The van der Waals surface area contributed by atoms with Crippen LogP contribution in [0, 0.1) is 12.3 Å². The molecule has 0 aliphatic carbocycles. The molecule has 23 heavy (non-hydrogen) atoms. The van der Waals surface area contributed by atoms with Gasteiger partial charge in [-0.2, -0.15) is 0 Å². The van der Waals surface area contributed by atoms with E-state index in [1.54, 1.807) is 11.8 Å². The number of nitrogens with zero attached hydrogens (tertiary/aromatic N) is 2. The number of rotatable bonds is 6. The molecule has 5 heteroatoms. The molecule has 0 bridgehead atoms. The zero-order valence-electron chi connectivity index (χ0n) is 12.4. The lowest BCUT2D eigenvalue weighted by Crippen LogP contribution is -2.03. The van der Waals surface area contributed by atoms with Gasteiger partial charge < -0.3 is 9.30 Å². The molecule has 0 unspecified atom stereocenters. The van der Waals surface area contributed by atoms with Crippen molar-refractivity contribution in [2.24, 2.45) is 0 Å². The summed E-state index contributed by atoms with van der Waals surface area (Å²) >= 11 is 7.49. The average Bonchev–Trinajstić information content (AvgIpc) is 2.92. The van der Waals surface area contributed by atoms with Gasteiger partial charge in [0.25, 0.3) is 0 Å². The van der Waals surface area contributed by atoms with Gasteiger partial charge in [-0.25, -0.2) is 4.98 Å². The van der Waals surface area contributed by atoms with Crippen molar-refractivity contribution in [1.29, 1.82) is 0 Å². The summed E-state index contributed by atoms with van der Waals surface area (Å²) in [6, 6.07) is 15.4. The molecule has 0 spiro atoms. The van der Waals surface area contributed by atoms with Crippen LogP contribution in [0.5, 0.6) is 5.75 Å². The maximum atomic E-state index is 5.85. The molecule has 0 aliphatic heterocycles. The first kappa shape index (κ1) is 15.8. The number of aromatic nitrogens is 2. The van der Waals surface area contributed by atoms with Crippen LogP contribution >= 0.6 is 23.4 Å². The molecule has 0 saturated carbocycles. The highest BCUT2D eigenvalue weighted by Gasteiger charge is 2.09. The molecule has 0 radical (unpaired) electrons. The Morgan fingerprint density at radius 1 is 1.17 bits per heavy atom. The van der Waals surface area contributed by atoms with Crippen LogP contribution in [0.4, 0.5) is 0 Å². The summed E-state index contributed by atoms with van der Waals surface area (Å²) in [6.07, 6.45) is 5.48. The van der Waals surface area contributed by atoms with Crippen LogP contribution in [0.1, 0.15) is 0 Å². The standard InChI is InChI=1S/C18H15ClN2OS/c1-2-11-21-17-6-4-3-5-16(17)20-18(21)23-13-12-22-15-9-7-14(19)8-10-15/h1,3-10H,11-13H2. The number of fused-ring (bicyclic) bond motifs is 1. The SMILES string of the molecule is C#CCn1c(SCCOc2ccc(Cl)cc2)nc2ccccc21. The van der Waals surface area contributed by atoms with Crippen LogP contribution in [0.15, 0.2) is 53.7 Å². The summed E-state index contributed by atoms with van der Waals surface area (Å²) in [6.45, 7) is 1.10. The number of benzene rings is 2. The first-order chi connectivity index (χ1) is 11.3. The van der Waals surface area contributed by atoms with Crippen molar-refractivity contribution in [2.75, 3.05) is 12.4 Å². The van der Waals surface area contributed by atoms with E-state index in [4.69, 9.17) is 22.8 Å². The molecular weight excluding hydrogens is 328 g/mol. The van der Waals surface area contributed by atoms with Gasteiger partial charge in [0.15, 0.2) is 5.16 Å². The first-order valence-electron chi connectivity index (χ1n) is 7.18. The second-order valence-corrected chi connectivity index (χ2v) is 6.32. The summed E-state index contributed by atoms with van der Waals surface area (Å²) in [7, 11) is 0. The van der Waals surface area contributed by atoms with E-state index >= 15 is 0 Å².